The Hall–Kier alpha value is -1.76. The van der Waals surface area contributed by atoms with E-state index in [-0.39, 0.29) is 0 Å². The summed E-state index contributed by atoms with van der Waals surface area (Å²) >= 11 is 0. The molecular formula is C18H23N. The minimum atomic E-state index is 0.907. The topological polar surface area (TPSA) is 26.0 Å². The van der Waals surface area contributed by atoms with Gasteiger partial charge in [-0.1, -0.05) is 44.2 Å². The maximum absolute atomic E-state index is 5.96. The van der Waals surface area contributed by atoms with E-state index >= 15 is 0 Å². The first-order chi connectivity index (χ1) is 9.13. The summed E-state index contributed by atoms with van der Waals surface area (Å²) < 4.78 is 0. The first-order valence-electron chi connectivity index (χ1n) is 7.09. The zero-order valence-electron chi connectivity index (χ0n) is 12.2. The highest BCUT2D eigenvalue weighted by Crippen LogP contribution is 2.19. The highest BCUT2D eigenvalue weighted by molar-refractivity contribution is 5.49. The number of aryl methyl sites for hydroxylation is 3. The van der Waals surface area contributed by atoms with Gasteiger partial charge in [-0.3, -0.25) is 0 Å². The average molecular weight is 253 g/mol. The third-order valence-corrected chi connectivity index (χ3v) is 3.79. The van der Waals surface area contributed by atoms with Crippen molar-refractivity contribution >= 4 is 5.69 Å². The van der Waals surface area contributed by atoms with Gasteiger partial charge in [-0.2, -0.15) is 0 Å². The van der Waals surface area contributed by atoms with Gasteiger partial charge >= 0.3 is 0 Å². The molecule has 19 heavy (non-hydrogen) atoms. The average Bonchev–Trinajstić information content (AvgIpc) is 2.43. The molecule has 2 rings (SSSR count). The van der Waals surface area contributed by atoms with Crippen LogP contribution in [-0.4, -0.2) is 0 Å². The molecule has 0 atom stereocenters. The van der Waals surface area contributed by atoms with Crippen molar-refractivity contribution in [2.75, 3.05) is 5.73 Å². The summed E-state index contributed by atoms with van der Waals surface area (Å²) in [5.41, 5.74) is 13.7. The Balaban J connectivity index is 2.25. The number of nitrogens with two attached hydrogens (primary N) is 1. The summed E-state index contributed by atoms with van der Waals surface area (Å²) in [6.07, 6.45) is 3.08. The van der Waals surface area contributed by atoms with Gasteiger partial charge in [0.05, 0.1) is 0 Å². The van der Waals surface area contributed by atoms with Gasteiger partial charge in [0.25, 0.3) is 0 Å². The zero-order valence-corrected chi connectivity index (χ0v) is 12.2. The molecule has 100 valence electrons. The SMILES string of the molecule is CCc1cc(Cc2ccc(N)c(CC)c2)ccc1C. The second-order valence-corrected chi connectivity index (χ2v) is 5.18. The van der Waals surface area contributed by atoms with E-state index in [1.54, 1.807) is 0 Å². The summed E-state index contributed by atoms with van der Waals surface area (Å²) in [5.74, 6) is 0. The van der Waals surface area contributed by atoms with Crippen LogP contribution in [0.3, 0.4) is 0 Å². The standard InChI is InChI=1S/C18H23N/c1-4-16-11-14(7-6-13(16)3)10-15-8-9-18(19)17(5-2)12-15/h6-9,11-12H,4-5,10,19H2,1-3H3. The molecule has 2 aromatic rings. The van der Waals surface area contributed by atoms with E-state index in [0.29, 0.717) is 0 Å². The summed E-state index contributed by atoms with van der Waals surface area (Å²) in [6.45, 7) is 6.54. The second kappa shape index (κ2) is 5.92. The second-order valence-electron chi connectivity index (χ2n) is 5.18. The van der Waals surface area contributed by atoms with Gasteiger partial charge in [-0.25, -0.2) is 0 Å². The Labute approximate surface area is 116 Å². The predicted molar refractivity (Wildman–Crippen MR) is 83.6 cm³/mol. The number of nitrogen functional groups attached to an aromatic ring is 1. The van der Waals surface area contributed by atoms with Gasteiger partial charge in [-0.15, -0.1) is 0 Å². The van der Waals surface area contributed by atoms with Crippen molar-refractivity contribution in [2.24, 2.45) is 0 Å². The molecule has 0 fully saturated rings. The van der Waals surface area contributed by atoms with Crippen molar-refractivity contribution in [3.8, 4) is 0 Å². The van der Waals surface area contributed by atoms with E-state index in [2.05, 4.69) is 51.1 Å². The van der Waals surface area contributed by atoms with Crippen molar-refractivity contribution in [3.63, 3.8) is 0 Å². The molecule has 0 aliphatic heterocycles. The monoisotopic (exact) mass is 253 g/mol. The lowest BCUT2D eigenvalue weighted by Gasteiger charge is -2.09. The lowest BCUT2D eigenvalue weighted by molar-refractivity contribution is 1.07. The molecular weight excluding hydrogens is 230 g/mol. The molecule has 0 aliphatic carbocycles. The van der Waals surface area contributed by atoms with Crippen molar-refractivity contribution in [3.05, 3.63) is 64.2 Å². The van der Waals surface area contributed by atoms with Crippen LogP contribution in [0.25, 0.3) is 0 Å². The van der Waals surface area contributed by atoms with E-state index in [9.17, 15) is 0 Å². The van der Waals surface area contributed by atoms with Gasteiger partial charge in [0, 0.05) is 5.69 Å². The number of benzene rings is 2. The first-order valence-corrected chi connectivity index (χ1v) is 7.09. The minimum absolute atomic E-state index is 0.907. The van der Waals surface area contributed by atoms with Crippen LogP contribution in [0.15, 0.2) is 36.4 Å². The Kier molecular flexibility index (Phi) is 4.26. The molecule has 0 bridgehead atoms. The van der Waals surface area contributed by atoms with Crippen LogP contribution in [0, 0.1) is 6.92 Å². The molecule has 0 saturated carbocycles. The number of anilines is 1. The fourth-order valence-corrected chi connectivity index (χ4v) is 2.53. The highest BCUT2D eigenvalue weighted by atomic mass is 14.6. The highest BCUT2D eigenvalue weighted by Gasteiger charge is 2.03. The molecule has 0 unspecified atom stereocenters. The minimum Gasteiger partial charge on any atom is -0.399 e. The zero-order chi connectivity index (χ0) is 13.8. The third-order valence-electron chi connectivity index (χ3n) is 3.79. The number of hydrogen-bond acceptors (Lipinski definition) is 1. The third kappa shape index (κ3) is 3.17. The summed E-state index contributed by atoms with van der Waals surface area (Å²) in [5, 5.41) is 0. The number of rotatable bonds is 4. The number of hydrogen-bond donors (Lipinski definition) is 1. The Morgan fingerprint density at radius 3 is 2.05 bits per heavy atom. The van der Waals surface area contributed by atoms with Gasteiger partial charge in [0.15, 0.2) is 0 Å². The fraction of sp³-hybridized carbons (Fsp3) is 0.333. The lowest BCUT2D eigenvalue weighted by atomic mass is 9.97. The van der Waals surface area contributed by atoms with Gasteiger partial charge in [-0.05, 0) is 60.1 Å². The van der Waals surface area contributed by atoms with Crippen LogP contribution in [0.5, 0.6) is 0 Å². The smallest absolute Gasteiger partial charge is 0.0346 e. The largest absolute Gasteiger partial charge is 0.399 e. The van der Waals surface area contributed by atoms with Crippen LogP contribution in [0.1, 0.15) is 41.7 Å². The maximum atomic E-state index is 5.96. The Bertz CT molecular complexity index is 518. The molecule has 0 saturated heterocycles. The fourth-order valence-electron chi connectivity index (χ4n) is 2.53. The van der Waals surface area contributed by atoms with Gasteiger partial charge in [0.1, 0.15) is 0 Å². The van der Waals surface area contributed by atoms with Crippen LogP contribution in [0.4, 0.5) is 5.69 Å². The van der Waals surface area contributed by atoms with Crippen LogP contribution in [0.2, 0.25) is 0 Å². The first kappa shape index (κ1) is 13.7. The molecule has 0 spiro atoms. The predicted octanol–water partition coefficient (Wildman–Crippen LogP) is 4.29. The molecule has 0 radical (unpaired) electrons. The molecule has 0 heterocycles. The van der Waals surface area contributed by atoms with E-state index in [0.717, 1.165) is 24.9 Å². The maximum Gasteiger partial charge on any atom is 0.0346 e. The molecule has 0 amide bonds. The quantitative estimate of drug-likeness (QED) is 0.808. The van der Waals surface area contributed by atoms with Gasteiger partial charge in [0.2, 0.25) is 0 Å². The molecule has 1 heteroatoms. The lowest BCUT2D eigenvalue weighted by Crippen LogP contribution is -1.97. The molecule has 1 nitrogen and oxygen atoms in total. The van der Waals surface area contributed by atoms with E-state index in [1.165, 1.54) is 27.8 Å². The summed E-state index contributed by atoms with van der Waals surface area (Å²) in [6, 6.07) is 13.2. The summed E-state index contributed by atoms with van der Waals surface area (Å²) in [4.78, 5) is 0. The van der Waals surface area contributed by atoms with E-state index < -0.39 is 0 Å². The van der Waals surface area contributed by atoms with E-state index in [4.69, 9.17) is 5.73 Å². The normalized spacial score (nSPS) is 10.7. The van der Waals surface area contributed by atoms with Crippen LogP contribution >= 0.6 is 0 Å². The van der Waals surface area contributed by atoms with Crippen molar-refractivity contribution < 1.29 is 0 Å². The van der Waals surface area contributed by atoms with Crippen LogP contribution < -0.4 is 5.73 Å². The molecule has 0 aliphatic rings. The Morgan fingerprint density at radius 1 is 0.842 bits per heavy atom. The van der Waals surface area contributed by atoms with E-state index in [1.807, 2.05) is 6.07 Å². The molecule has 0 aromatic heterocycles. The molecule has 2 N–H and O–H groups in total. The summed E-state index contributed by atoms with van der Waals surface area (Å²) in [7, 11) is 0. The van der Waals surface area contributed by atoms with Crippen LogP contribution in [-0.2, 0) is 19.3 Å². The van der Waals surface area contributed by atoms with Gasteiger partial charge < -0.3 is 5.73 Å². The Morgan fingerprint density at radius 2 is 1.42 bits per heavy atom. The van der Waals surface area contributed by atoms with Crippen molar-refractivity contribution in [1.29, 1.82) is 0 Å². The van der Waals surface area contributed by atoms with Crippen molar-refractivity contribution in [2.45, 2.75) is 40.0 Å². The molecule has 2 aromatic carbocycles. The van der Waals surface area contributed by atoms with Crippen molar-refractivity contribution in [1.82, 2.24) is 0 Å².